The monoisotopic (exact) mass is 450 g/mol. The quantitative estimate of drug-likeness (QED) is 0.571. The summed E-state index contributed by atoms with van der Waals surface area (Å²) in [7, 11) is 0. The minimum absolute atomic E-state index is 0.00739. The first-order valence-electron chi connectivity index (χ1n) is 10.8. The Hall–Kier alpha value is -3.12. The van der Waals surface area contributed by atoms with Gasteiger partial charge in [-0.05, 0) is 68.3 Å². The number of benzene rings is 2. The highest BCUT2D eigenvalue weighted by Crippen LogP contribution is 2.22. The Bertz CT molecular complexity index is 1060. The number of piperazine rings is 1. The SMILES string of the molecule is Cc1cc(C)cc(OC(C)C(=O)N2CCN(c3ccc(-c4ccc(Cl)cc4)nn3)CC2)c1. The van der Waals surface area contributed by atoms with Gasteiger partial charge in [0.15, 0.2) is 11.9 Å². The fourth-order valence-corrected chi connectivity index (χ4v) is 4.06. The maximum Gasteiger partial charge on any atom is 0.263 e. The summed E-state index contributed by atoms with van der Waals surface area (Å²) in [6, 6.07) is 17.5. The smallest absolute Gasteiger partial charge is 0.263 e. The van der Waals surface area contributed by atoms with Crippen molar-refractivity contribution in [1.82, 2.24) is 15.1 Å². The average molecular weight is 451 g/mol. The van der Waals surface area contributed by atoms with E-state index in [1.165, 1.54) is 0 Å². The first kappa shape index (κ1) is 22.1. The molecule has 1 aliphatic rings. The highest BCUT2D eigenvalue weighted by atomic mass is 35.5. The first-order valence-corrected chi connectivity index (χ1v) is 11.2. The van der Waals surface area contributed by atoms with Crippen molar-refractivity contribution < 1.29 is 9.53 Å². The predicted molar refractivity (Wildman–Crippen MR) is 127 cm³/mol. The highest BCUT2D eigenvalue weighted by Gasteiger charge is 2.26. The standard InChI is InChI=1S/C25H27ClN4O2/c1-17-14-18(2)16-22(15-17)32-19(3)25(31)30-12-10-29(11-13-30)24-9-8-23(27-28-24)20-4-6-21(26)7-5-20/h4-9,14-16,19H,10-13H2,1-3H3. The van der Waals surface area contributed by atoms with E-state index in [1.54, 1.807) is 0 Å². The molecule has 1 amide bonds. The average Bonchev–Trinajstić information content (AvgIpc) is 2.79. The molecule has 4 rings (SSSR count). The van der Waals surface area contributed by atoms with Gasteiger partial charge in [-0.25, -0.2) is 0 Å². The van der Waals surface area contributed by atoms with E-state index in [0.717, 1.165) is 34.0 Å². The van der Waals surface area contributed by atoms with Crippen LogP contribution in [0.25, 0.3) is 11.3 Å². The summed E-state index contributed by atoms with van der Waals surface area (Å²) in [5.41, 5.74) is 4.02. The van der Waals surface area contributed by atoms with Crippen molar-refractivity contribution in [2.75, 3.05) is 31.1 Å². The van der Waals surface area contributed by atoms with Crippen LogP contribution in [0.3, 0.4) is 0 Å². The summed E-state index contributed by atoms with van der Waals surface area (Å²) in [5, 5.41) is 9.45. The number of hydrogen-bond donors (Lipinski definition) is 0. The van der Waals surface area contributed by atoms with E-state index >= 15 is 0 Å². The summed E-state index contributed by atoms with van der Waals surface area (Å²) in [5.74, 6) is 1.56. The molecule has 1 aromatic heterocycles. The second-order valence-electron chi connectivity index (χ2n) is 8.18. The van der Waals surface area contributed by atoms with E-state index in [4.69, 9.17) is 16.3 Å². The number of aromatic nitrogens is 2. The molecule has 7 heteroatoms. The van der Waals surface area contributed by atoms with Crippen LogP contribution in [0.4, 0.5) is 5.82 Å². The molecule has 3 aromatic rings. The van der Waals surface area contributed by atoms with Gasteiger partial charge in [-0.2, -0.15) is 0 Å². The zero-order valence-electron chi connectivity index (χ0n) is 18.6. The molecule has 6 nitrogen and oxygen atoms in total. The lowest BCUT2D eigenvalue weighted by Crippen LogP contribution is -2.52. The van der Waals surface area contributed by atoms with E-state index in [0.29, 0.717) is 31.2 Å². The Morgan fingerprint density at radius 2 is 1.59 bits per heavy atom. The zero-order valence-corrected chi connectivity index (χ0v) is 19.3. The van der Waals surface area contributed by atoms with Crippen LogP contribution in [-0.2, 0) is 4.79 Å². The summed E-state index contributed by atoms with van der Waals surface area (Å²) in [6.07, 6.45) is -0.527. The van der Waals surface area contributed by atoms with Crippen molar-refractivity contribution in [3.63, 3.8) is 0 Å². The van der Waals surface area contributed by atoms with Gasteiger partial charge in [0.1, 0.15) is 5.75 Å². The Kier molecular flexibility index (Phi) is 6.61. The Morgan fingerprint density at radius 1 is 0.938 bits per heavy atom. The molecule has 1 aliphatic heterocycles. The molecular weight excluding hydrogens is 424 g/mol. The van der Waals surface area contributed by atoms with E-state index in [2.05, 4.69) is 21.2 Å². The normalized spacial score (nSPS) is 14.9. The lowest BCUT2D eigenvalue weighted by atomic mass is 10.1. The number of anilines is 1. The maximum absolute atomic E-state index is 12.9. The van der Waals surface area contributed by atoms with Crippen LogP contribution < -0.4 is 9.64 Å². The van der Waals surface area contributed by atoms with Gasteiger partial charge >= 0.3 is 0 Å². The van der Waals surface area contributed by atoms with Gasteiger partial charge in [0.2, 0.25) is 0 Å². The molecular formula is C25H27ClN4O2. The minimum Gasteiger partial charge on any atom is -0.481 e. The van der Waals surface area contributed by atoms with Crippen LogP contribution in [-0.4, -0.2) is 53.3 Å². The van der Waals surface area contributed by atoms with E-state index in [-0.39, 0.29) is 5.91 Å². The van der Waals surface area contributed by atoms with Gasteiger partial charge in [0.25, 0.3) is 5.91 Å². The topological polar surface area (TPSA) is 58.6 Å². The van der Waals surface area contributed by atoms with Crippen molar-refractivity contribution in [3.8, 4) is 17.0 Å². The third-order valence-corrected chi connectivity index (χ3v) is 5.81. The molecule has 166 valence electrons. The Balaban J connectivity index is 1.33. The minimum atomic E-state index is -0.527. The summed E-state index contributed by atoms with van der Waals surface area (Å²) < 4.78 is 5.93. The zero-order chi connectivity index (χ0) is 22.7. The molecule has 1 unspecified atom stereocenters. The molecule has 2 aromatic carbocycles. The number of aryl methyl sites for hydroxylation is 2. The lowest BCUT2D eigenvalue weighted by molar-refractivity contribution is -0.138. The number of ether oxygens (including phenoxy) is 1. The van der Waals surface area contributed by atoms with Gasteiger partial charge in [0, 0.05) is 36.8 Å². The molecule has 2 heterocycles. The fraction of sp³-hybridized carbons (Fsp3) is 0.320. The van der Waals surface area contributed by atoms with Crippen LogP contribution in [0.1, 0.15) is 18.1 Å². The van der Waals surface area contributed by atoms with Crippen LogP contribution >= 0.6 is 11.6 Å². The predicted octanol–water partition coefficient (Wildman–Crippen LogP) is 4.53. The van der Waals surface area contributed by atoms with Crippen molar-refractivity contribution in [2.24, 2.45) is 0 Å². The highest BCUT2D eigenvalue weighted by molar-refractivity contribution is 6.30. The second-order valence-corrected chi connectivity index (χ2v) is 8.62. The molecule has 0 N–H and O–H groups in total. The molecule has 0 bridgehead atoms. The summed E-state index contributed by atoms with van der Waals surface area (Å²) >= 11 is 5.95. The summed E-state index contributed by atoms with van der Waals surface area (Å²) in [6.45, 7) is 8.52. The number of rotatable bonds is 5. The van der Waals surface area contributed by atoms with Gasteiger partial charge in [-0.15, -0.1) is 10.2 Å². The van der Waals surface area contributed by atoms with Crippen molar-refractivity contribution >= 4 is 23.3 Å². The van der Waals surface area contributed by atoms with Crippen molar-refractivity contribution in [2.45, 2.75) is 26.9 Å². The Morgan fingerprint density at radius 3 is 2.19 bits per heavy atom. The van der Waals surface area contributed by atoms with Crippen LogP contribution in [0.5, 0.6) is 5.75 Å². The van der Waals surface area contributed by atoms with Crippen LogP contribution in [0.15, 0.2) is 54.6 Å². The number of carbonyl (C=O) groups excluding carboxylic acids is 1. The second kappa shape index (κ2) is 9.57. The molecule has 32 heavy (non-hydrogen) atoms. The maximum atomic E-state index is 12.9. The fourth-order valence-electron chi connectivity index (χ4n) is 3.94. The van der Waals surface area contributed by atoms with Gasteiger partial charge in [0.05, 0.1) is 5.69 Å². The molecule has 0 saturated carbocycles. The molecule has 1 atom stereocenters. The van der Waals surface area contributed by atoms with E-state index in [9.17, 15) is 4.79 Å². The number of halogens is 1. The molecule has 1 saturated heterocycles. The third-order valence-electron chi connectivity index (χ3n) is 5.56. The number of amides is 1. The Labute approximate surface area is 193 Å². The first-order chi connectivity index (χ1) is 15.4. The molecule has 0 radical (unpaired) electrons. The van der Waals surface area contributed by atoms with Crippen LogP contribution in [0.2, 0.25) is 5.02 Å². The number of nitrogens with zero attached hydrogens (tertiary/aromatic N) is 4. The van der Waals surface area contributed by atoms with Crippen LogP contribution in [0, 0.1) is 13.8 Å². The lowest BCUT2D eigenvalue weighted by Gasteiger charge is -2.36. The van der Waals surface area contributed by atoms with Crippen molar-refractivity contribution in [3.05, 3.63) is 70.7 Å². The number of carbonyl (C=O) groups is 1. The van der Waals surface area contributed by atoms with E-state index in [1.807, 2.05) is 74.2 Å². The molecule has 0 spiro atoms. The largest absolute Gasteiger partial charge is 0.481 e. The third kappa shape index (κ3) is 5.19. The van der Waals surface area contributed by atoms with Gasteiger partial charge < -0.3 is 14.5 Å². The molecule has 0 aliphatic carbocycles. The van der Waals surface area contributed by atoms with Gasteiger partial charge in [-0.3, -0.25) is 4.79 Å². The van der Waals surface area contributed by atoms with Crippen molar-refractivity contribution in [1.29, 1.82) is 0 Å². The van der Waals surface area contributed by atoms with E-state index < -0.39 is 6.10 Å². The summed E-state index contributed by atoms with van der Waals surface area (Å²) in [4.78, 5) is 16.9. The van der Waals surface area contributed by atoms with Gasteiger partial charge in [-0.1, -0.05) is 29.8 Å². The molecule has 1 fully saturated rings. The number of hydrogen-bond acceptors (Lipinski definition) is 5.